The topological polar surface area (TPSA) is 149 Å². The van der Waals surface area contributed by atoms with Crippen molar-refractivity contribution in [1.82, 2.24) is 5.32 Å². The second-order valence-electron chi connectivity index (χ2n) is 13.8. The minimum absolute atomic E-state index is 0.203. The summed E-state index contributed by atoms with van der Waals surface area (Å²) in [5.41, 5.74) is 0. The molecule has 49 heavy (non-hydrogen) atoms. The molecule has 1 rings (SSSR count). The van der Waals surface area contributed by atoms with E-state index in [1.807, 2.05) is 6.08 Å². The van der Waals surface area contributed by atoms with Gasteiger partial charge < -0.3 is 40.3 Å². The lowest BCUT2D eigenvalue weighted by Gasteiger charge is -2.40. The first-order valence-electron chi connectivity index (χ1n) is 19.7. The van der Waals surface area contributed by atoms with E-state index in [2.05, 4.69) is 37.4 Å². The first-order valence-corrected chi connectivity index (χ1v) is 19.7. The Morgan fingerprint density at radius 3 is 1.76 bits per heavy atom. The number of ether oxygens (including phenoxy) is 2. The van der Waals surface area contributed by atoms with E-state index >= 15 is 0 Å². The molecule has 1 saturated heterocycles. The van der Waals surface area contributed by atoms with Gasteiger partial charge in [0.25, 0.3) is 0 Å². The fourth-order valence-electron chi connectivity index (χ4n) is 5.97. The van der Waals surface area contributed by atoms with Crippen LogP contribution in [0.5, 0.6) is 0 Å². The molecule has 1 aliphatic rings. The number of hydrogen-bond acceptors (Lipinski definition) is 8. The Morgan fingerprint density at radius 2 is 1.20 bits per heavy atom. The maximum Gasteiger partial charge on any atom is 0.220 e. The molecular weight excluding hydrogens is 622 g/mol. The molecule has 1 amide bonds. The van der Waals surface area contributed by atoms with Crippen LogP contribution in [-0.2, 0) is 14.3 Å². The van der Waals surface area contributed by atoms with Crippen molar-refractivity contribution in [3.63, 3.8) is 0 Å². The maximum atomic E-state index is 12.8. The van der Waals surface area contributed by atoms with Crippen LogP contribution >= 0.6 is 0 Å². The van der Waals surface area contributed by atoms with E-state index in [1.165, 1.54) is 89.9 Å². The minimum atomic E-state index is -1.57. The lowest BCUT2D eigenvalue weighted by molar-refractivity contribution is -0.302. The first-order chi connectivity index (χ1) is 23.8. The summed E-state index contributed by atoms with van der Waals surface area (Å²) in [7, 11) is 0. The summed E-state index contributed by atoms with van der Waals surface area (Å²) in [6, 6.07) is -0.835. The zero-order valence-corrected chi connectivity index (χ0v) is 30.9. The van der Waals surface area contributed by atoms with Crippen LogP contribution in [-0.4, -0.2) is 87.5 Å². The van der Waals surface area contributed by atoms with Gasteiger partial charge in [0.1, 0.15) is 24.4 Å². The summed E-state index contributed by atoms with van der Waals surface area (Å²) in [6.07, 6.45) is 29.2. The monoisotopic (exact) mass is 696 g/mol. The zero-order valence-electron chi connectivity index (χ0n) is 30.9. The Morgan fingerprint density at radius 1 is 0.694 bits per heavy atom. The average Bonchev–Trinajstić information content (AvgIpc) is 3.10. The molecule has 0 aliphatic carbocycles. The third-order valence-corrected chi connectivity index (χ3v) is 9.24. The molecule has 0 saturated carbocycles. The number of carbonyl (C=O) groups is 1. The van der Waals surface area contributed by atoms with Crippen LogP contribution in [0.2, 0.25) is 0 Å². The zero-order chi connectivity index (χ0) is 36.0. The molecule has 7 atom stereocenters. The lowest BCUT2D eigenvalue weighted by atomic mass is 9.99. The molecular formula is C40H73NO8. The van der Waals surface area contributed by atoms with Gasteiger partial charge in [0.05, 0.1) is 25.4 Å². The summed E-state index contributed by atoms with van der Waals surface area (Å²) in [5.74, 6) is -0.203. The second kappa shape index (κ2) is 31.2. The highest BCUT2D eigenvalue weighted by Gasteiger charge is 2.44. The number of nitrogens with one attached hydrogen (secondary N) is 1. The fraction of sp³-hybridized carbons (Fsp3) is 0.825. The molecule has 0 spiro atoms. The molecule has 0 aromatic rings. The Balaban J connectivity index is 2.41. The lowest BCUT2D eigenvalue weighted by Crippen LogP contribution is -2.60. The highest BCUT2D eigenvalue weighted by Crippen LogP contribution is 2.22. The molecule has 2 unspecified atom stereocenters. The van der Waals surface area contributed by atoms with Crippen LogP contribution in [0.15, 0.2) is 36.5 Å². The fourth-order valence-corrected chi connectivity index (χ4v) is 5.97. The van der Waals surface area contributed by atoms with Gasteiger partial charge in [-0.1, -0.05) is 140 Å². The Bertz CT molecular complexity index is 863. The Hall–Kier alpha value is -1.59. The predicted octanol–water partition coefficient (Wildman–Crippen LogP) is 6.94. The number of carbonyl (C=O) groups excluding carboxylic acids is 1. The molecule has 1 heterocycles. The number of aliphatic hydroxyl groups excluding tert-OH is 5. The molecule has 0 radical (unpaired) electrons. The van der Waals surface area contributed by atoms with Gasteiger partial charge in [0.15, 0.2) is 6.29 Å². The number of unbranched alkanes of at least 4 members (excludes halogenated alkanes) is 18. The van der Waals surface area contributed by atoms with E-state index in [0.29, 0.717) is 6.42 Å². The Labute approximate surface area is 298 Å². The van der Waals surface area contributed by atoms with Crippen molar-refractivity contribution in [2.75, 3.05) is 13.2 Å². The molecule has 1 aliphatic heterocycles. The van der Waals surface area contributed by atoms with Crippen LogP contribution in [0.3, 0.4) is 0 Å². The van der Waals surface area contributed by atoms with Crippen molar-refractivity contribution in [3.05, 3.63) is 36.5 Å². The van der Waals surface area contributed by atoms with Gasteiger partial charge in [-0.15, -0.1) is 0 Å². The molecule has 286 valence electrons. The van der Waals surface area contributed by atoms with E-state index in [0.717, 1.165) is 44.9 Å². The van der Waals surface area contributed by atoms with Gasteiger partial charge in [-0.05, 0) is 44.9 Å². The normalized spacial score (nSPS) is 22.8. The van der Waals surface area contributed by atoms with Gasteiger partial charge in [-0.3, -0.25) is 4.79 Å². The third-order valence-electron chi connectivity index (χ3n) is 9.24. The van der Waals surface area contributed by atoms with Crippen LogP contribution in [0.4, 0.5) is 0 Å². The third kappa shape index (κ3) is 22.8. The average molecular weight is 696 g/mol. The quantitative estimate of drug-likeness (QED) is 0.0260. The molecule has 1 fully saturated rings. The summed E-state index contributed by atoms with van der Waals surface area (Å²) in [5, 5.41) is 53.7. The van der Waals surface area contributed by atoms with E-state index < -0.39 is 49.5 Å². The van der Waals surface area contributed by atoms with Crippen LogP contribution in [0, 0.1) is 0 Å². The Kier molecular flexibility index (Phi) is 28.9. The largest absolute Gasteiger partial charge is 0.394 e. The summed E-state index contributed by atoms with van der Waals surface area (Å²) in [4.78, 5) is 12.8. The van der Waals surface area contributed by atoms with E-state index in [1.54, 1.807) is 12.2 Å². The molecule has 0 aromatic carbocycles. The number of amides is 1. The number of rotatable bonds is 31. The van der Waals surface area contributed by atoms with E-state index in [-0.39, 0.29) is 12.5 Å². The smallest absolute Gasteiger partial charge is 0.220 e. The van der Waals surface area contributed by atoms with Crippen LogP contribution in [0.25, 0.3) is 0 Å². The summed E-state index contributed by atoms with van der Waals surface area (Å²) in [6.45, 7) is 3.67. The van der Waals surface area contributed by atoms with Crippen molar-refractivity contribution in [2.45, 2.75) is 198 Å². The summed E-state index contributed by atoms with van der Waals surface area (Å²) < 4.78 is 11.1. The minimum Gasteiger partial charge on any atom is -0.394 e. The van der Waals surface area contributed by atoms with E-state index in [9.17, 15) is 30.3 Å². The first kappa shape index (κ1) is 45.4. The second-order valence-corrected chi connectivity index (χ2v) is 13.8. The van der Waals surface area contributed by atoms with Crippen molar-refractivity contribution in [1.29, 1.82) is 0 Å². The standard InChI is InChI=1S/C40H73NO8/c1-3-5-7-9-11-13-14-15-16-17-18-19-20-22-24-26-28-30-36(44)41-33(34(43)29-27-25-23-21-12-10-8-6-4-2)32-48-40-39(47)38(46)37(45)35(31-42)49-40/h15-16,23,25,27,29,33-35,37-40,42-43,45-47H,3-14,17-22,24,26,28,30-32H2,1-2H3,(H,41,44)/b16-15+,25-23+,29-27+/t33-,34+,35-,37-,38?,39?,40-/m0/s1. The van der Waals surface area contributed by atoms with Gasteiger partial charge in [-0.25, -0.2) is 0 Å². The van der Waals surface area contributed by atoms with Gasteiger partial charge >= 0.3 is 0 Å². The molecule has 0 aromatic heterocycles. The van der Waals surface area contributed by atoms with Crippen LogP contribution < -0.4 is 5.32 Å². The highest BCUT2D eigenvalue weighted by molar-refractivity contribution is 5.76. The van der Waals surface area contributed by atoms with Gasteiger partial charge in [0.2, 0.25) is 5.91 Å². The van der Waals surface area contributed by atoms with Crippen molar-refractivity contribution < 1.29 is 39.8 Å². The van der Waals surface area contributed by atoms with Crippen molar-refractivity contribution >= 4 is 5.91 Å². The van der Waals surface area contributed by atoms with Crippen LogP contribution in [0.1, 0.15) is 155 Å². The molecule has 0 bridgehead atoms. The highest BCUT2D eigenvalue weighted by atomic mass is 16.7. The van der Waals surface area contributed by atoms with E-state index in [4.69, 9.17) is 9.47 Å². The van der Waals surface area contributed by atoms with Gasteiger partial charge in [0, 0.05) is 6.42 Å². The SMILES string of the molecule is CCCCCCC/C=C/C=C/[C@@H](O)[C@H](CO[C@H]1O[C@@H](CO)[C@H](O)C(O)C1O)NC(=O)CCCCCCCCC/C=C/CCCCCCCC. The molecule has 9 nitrogen and oxygen atoms in total. The van der Waals surface area contributed by atoms with Gasteiger partial charge in [-0.2, -0.15) is 0 Å². The van der Waals surface area contributed by atoms with Crippen molar-refractivity contribution in [2.24, 2.45) is 0 Å². The molecule has 9 heteroatoms. The number of hydrogen-bond donors (Lipinski definition) is 6. The predicted molar refractivity (Wildman–Crippen MR) is 198 cm³/mol. The molecule has 6 N–H and O–H groups in total. The number of allylic oxidation sites excluding steroid dienone is 5. The van der Waals surface area contributed by atoms with Crippen molar-refractivity contribution in [3.8, 4) is 0 Å². The summed E-state index contributed by atoms with van der Waals surface area (Å²) >= 11 is 0. The maximum absolute atomic E-state index is 12.8. The number of aliphatic hydroxyl groups is 5.